The van der Waals surface area contributed by atoms with Crippen molar-refractivity contribution in [1.82, 2.24) is 19.5 Å². The zero-order chi connectivity index (χ0) is 20.5. The standard InChI is InChI=1S/C22H28N4O3/c1-5-19-14(2)23-21-11-20(24-26(21)22(19)27)16-6-7-25(13-16)12-15-8-17(28-3)10-18(9-15)29-4/h8-11,16,24H,5-7,12-13H2,1-4H3/t16-/m1/s1. The molecule has 29 heavy (non-hydrogen) atoms. The first-order chi connectivity index (χ1) is 14.0. The molecule has 1 aromatic carbocycles. The topological polar surface area (TPSA) is 71.9 Å². The molecule has 7 nitrogen and oxygen atoms in total. The number of aromatic amines is 1. The molecule has 7 heteroatoms. The quantitative estimate of drug-likeness (QED) is 0.694. The number of likely N-dealkylation sites (tertiary alicyclic amines) is 1. The Kier molecular flexibility index (Phi) is 5.32. The van der Waals surface area contributed by atoms with Crippen molar-refractivity contribution in [1.29, 1.82) is 0 Å². The van der Waals surface area contributed by atoms with Gasteiger partial charge >= 0.3 is 0 Å². The number of benzene rings is 1. The fourth-order valence-corrected chi connectivity index (χ4v) is 4.25. The molecule has 0 radical (unpaired) electrons. The minimum Gasteiger partial charge on any atom is -0.497 e. The van der Waals surface area contributed by atoms with E-state index >= 15 is 0 Å². The Labute approximate surface area is 170 Å². The summed E-state index contributed by atoms with van der Waals surface area (Å²) in [6.07, 6.45) is 1.73. The summed E-state index contributed by atoms with van der Waals surface area (Å²) in [4.78, 5) is 19.7. The Hall–Kier alpha value is -2.80. The van der Waals surface area contributed by atoms with E-state index in [4.69, 9.17) is 9.47 Å². The third-order valence-corrected chi connectivity index (χ3v) is 5.82. The minimum atomic E-state index is 0.0135. The largest absolute Gasteiger partial charge is 0.497 e. The van der Waals surface area contributed by atoms with Crippen molar-refractivity contribution in [3.63, 3.8) is 0 Å². The predicted molar refractivity (Wildman–Crippen MR) is 112 cm³/mol. The summed E-state index contributed by atoms with van der Waals surface area (Å²) in [5.41, 5.74) is 4.56. The van der Waals surface area contributed by atoms with Gasteiger partial charge in [-0.1, -0.05) is 6.92 Å². The van der Waals surface area contributed by atoms with Crippen molar-refractivity contribution in [3.05, 3.63) is 57.1 Å². The van der Waals surface area contributed by atoms with Gasteiger partial charge in [-0.05, 0) is 44.0 Å². The van der Waals surface area contributed by atoms with Crippen molar-refractivity contribution in [2.24, 2.45) is 0 Å². The first kappa shape index (κ1) is 19.5. The molecule has 1 saturated heterocycles. The lowest BCUT2D eigenvalue weighted by Gasteiger charge is -2.17. The summed E-state index contributed by atoms with van der Waals surface area (Å²) in [5.74, 6) is 1.96. The molecule has 4 rings (SSSR count). The van der Waals surface area contributed by atoms with Crippen LogP contribution in [0.3, 0.4) is 0 Å². The lowest BCUT2D eigenvalue weighted by molar-refractivity contribution is 0.323. The summed E-state index contributed by atoms with van der Waals surface area (Å²) in [7, 11) is 3.34. The van der Waals surface area contributed by atoms with Crippen LogP contribution in [0.15, 0.2) is 29.1 Å². The summed E-state index contributed by atoms with van der Waals surface area (Å²) >= 11 is 0. The van der Waals surface area contributed by atoms with Gasteiger partial charge in [0.05, 0.1) is 14.2 Å². The highest BCUT2D eigenvalue weighted by Gasteiger charge is 2.26. The molecule has 0 unspecified atom stereocenters. The van der Waals surface area contributed by atoms with Gasteiger partial charge < -0.3 is 9.47 Å². The zero-order valence-corrected chi connectivity index (χ0v) is 17.5. The number of hydrogen-bond donors (Lipinski definition) is 1. The highest BCUT2D eigenvalue weighted by molar-refractivity contribution is 5.43. The number of aromatic nitrogens is 3. The molecule has 3 heterocycles. The van der Waals surface area contributed by atoms with Gasteiger partial charge in [0.25, 0.3) is 5.56 Å². The molecule has 1 aliphatic heterocycles. The maximum atomic E-state index is 12.7. The predicted octanol–water partition coefficient (Wildman–Crippen LogP) is 2.90. The molecule has 1 aliphatic rings. The van der Waals surface area contributed by atoms with Gasteiger partial charge in [0.2, 0.25) is 0 Å². The Balaban J connectivity index is 1.53. The average molecular weight is 396 g/mol. The zero-order valence-electron chi connectivity index (χ0n) is 17.5. The number of nitrogens with zero attached hydrogens (tertiary/aromatic N) is 3. The average Bonchev–Trinajstić information content (AvgIpc) is 3.35. The van der Waals surface area contributed by atoms with Crippen LogP contribution in [0.25, 0.3) is 5.65 Å². The maximum absolute atomic E-state index is 12.7. The van der Waals surface area contributed by atoms with Gasteiger partial charge in [0.15, 0.2) is 5.65 Å². The molecule has 0 aliphatic carbocycles. The molecule has 3 aromatic rings. The van der Waals surface area contributed by atoms with E-state index < -0.39 is 0 Å². The van der Waals surface area contributed by atoms with Gasteiger partial charge in [0, 0.05) is 48.1 Å². The Morgan fingerprint density at radius 1 is 1.17 bits per heavy atom. The van der Waals surface area contributed by atoms with Gasteiger partial charge in [-0.15, -0.1) is 0 Å². The number of fused-ring (bicyclic) bond motifs is 1. The van der Waals surface area contributed by atoms with E-state index in [9.17, 15) is 4.79 Å². The molecule has 0 amide bonds. The number of hydrogen-bond acceptors (Lipinski definition) is 5. The highest BCUT2D eigenvalue weighted by Crippen LogP contribution is 2.29. The number of aryl methyl sites for hydroxylation is 1. The van der Waals surface area contributed by atoms with Crippen molar-refractivity contribution >= 4 is 5.65 Å². The minimum absolute atomic E-state index is 0.0135. The molecule has 154 valence electrons. The van der Waals surface area contributed by atoms with Crippen LogP contribution in [0.1, 0.15) is 41.8 Å². The molecular weight excluding hydrogens is 368 g/mol. The van der Waals surface area contributed by atoms with Crippen molar-refractivity contribution < 1.29 is 9.47 Å². The second kappa shape index (κ2) is 7.91. The second-order valence-corrected chi connectivity index (χ2v) is 7.68. The van der Waals surface area contributed by atoms with Crippen LogP contribution in [0.5, 0.6) is 11.5 Å². The summed E-state index contributed by atoms with van der Waals surface area (Å²) < 4.78 is 12.4. The number of rotatable bonds is 6. The van der Waals surface area contributed by atoms with Crippen molar-refractivity contribution in [3.8, 4) is 11.5 Å². The van der Waals surface area contributed by atoms with E-state index in [1.807, 2.05) is 26.0 Å². The van der Waals surface area contributed by atoms with E-state index in [1.54, 1.807) is 18.7 Å². The van der Waals surface area contributed by atoms with Crippen LogP contribution >= 0.6 is 0 Å². The number of methoxy groups -OCH3 is 2. The monoisotopic (exact) mass is 396 g/mol. The maximum Gasteiger partial charge on any atom is 0.276 e. The molecule has 2 aromatic heterocycles. The van der Waals surface area contributed by atoms with Crippen LogP contribution in [0.2, 0.25) is 0 Å². The SMILES string of the molecule is CCc1c(C)nc2cc([C@@H]3CCN(Cc4cc(OC)cc(OC)c4)C3)[nH]n2c1=O. The molecule has 0 spiro atoms. The first-order valence-corrected chi connectivity index (χ1v) is 10.1. The molecule has 0 bridgehead atoms. The van der Waals surface area contributed by atoms with E-state index in [1.165, 1.54) is 5.56 Å². The molecular formula is C22H28N4O3. The summed E-state index contributed by atoms with van der Waals surface area (Å²) in [5, 5.41) is 3.30. The summed E-state index contributed by atoms with van der Waals surface area (Å²) in [6, 6.07) is 8.02. The fraction of sp³-hybridized carbons (Fsp3) is 0.455. The van der Waals surface area contributed by atoms with Gasteiger partial charge in [-0.2, -0.15) is 0 Å². The van der Waals surface area contributed by atoms with Crippen LogP contribution in [-0.4, -0.2) is 46.8 Å². The third kappa shape index (κ3) is 3.74. The van der Waals surface area contributed by atoms with Crippen molar-refractivity contribution in [2.45, 2.75) is 39.2 Å². The van der Waals surface area contributed by atoms with Crippen LogP contribution in [-0.2, 0) is 13.0 Å². The third-order valence-electron chi connectivity index (χ3n) is 5.82. The second-order valence-electron chi connectivity index (χ2n) is 7.68. The Bertz CT molecular complexity index is 1060. The van der Waals surface area contributed by atoms with E-state index in [0.717, 1.165) is 54.5 Å². The Morgan fingerprint density at radius 3 is 2.55 bits per heavy atom. The molecule has 1 fully saturated rings. The van der Waals surface area contributed by atoms with Gasteiger partial charge in [-0.3, -0.25) is 14.8 Å². The molecule has 1 atom stereocenters. The fourth-order valence-electron chi connectivity index (χ4n) is 4.25. The lowest BCUT2D eigenvalue weighted by atomic mass is 10.1. The van der Waals surface area contributed by atoms with Gasteiger partial charge in [0.1, 0.15) is 11.5 Å². The highest BCUT2D eigenvalue weighted by atomic mass is 16.5. The van der Waals surface area contributed by atoms with E-state index in [2.05, 4.69) is 27.1 Å². The van der Waals surface area contributed by atoms with Crippen LogP contribution in [0, 0.1) is 6.92 Å². The summed E-state index contributed by atoms with van der Waals surface area (Å²) in [6.45, 7) is 6.67. The Morgan fingerprint density at radius 2 is 1.90 bits per heavy atom. The number of ether oxygens (including phenoxy) is 2. The van der Waals surface area contributed by atoms with Crippen LogP contribution in [0.4, 0.5) is 0 Å². The van der Waals surface area contributed by atoms with Gasteiger partial charge in [-0.25, -0.2) is 9.50 Å². The van der Waals surface area contributed by atoms with Crippen molar-refractivity contribution in [2.75, 3.05) is 27.3 Å². The number of nitrogens with one attached hydrogen (secondary N) is 1. The smallest absolute Gasteiger partial charge is 0.276 e. The van der Waals surface area contributed by atoms with E-state index in [0.29, 0.717) is 18.0 Å². The first-order valence-electron chi connectivity index (χ1n) is 10.1. The molecule has 1 N–H and O–H groups in total. The van der Waals surface area contributed by atoms with Crippen LogP contribution < -0.4 is 15.0 Å². The molecule has 0 saturated carbocycles. The van der Waals surface area contributed by atoms with E-state index in [-0.39, 0.29) is 5.56 Å². The lowest BCUT2D eigenvalue weighted by Crippen LogP contribution is -2.22. The normalized spacial score (nSPS) is 17.2. The number of H-pyrrole nitrogens is 1.